The lowest BCUT2D eigenvalue weighted by molar-refractivity contribution is -0.110. The quantitative estimate of drug-likeness (QED) is 0.336. The van der Waals surface area contributed by atoms with E-state index >= 15 is 0 Å². The van der Waals surface area contributed by atoms with Crippen LogP contribution in [0.1, 0.15) is 23.1 Å². The van der Waals surface area contributed by atoms with Gasteiger partial charge in [0.1, 0.15) is 11.5 Å². The predicted octanol–water partition coefficient (Wildman–Crippen LogP) is 5.77. The average Bonchev–Trinajstić information content (AvgIpc) is 3.30. The van der Waals surface area contributed by atoms with E-state index in [9.17, 15) is 18.0 Å². The zero-order valence-electron chi connectivity index (χ0n) is 21.6. The van der Waals surface area contributed by atoms with E-state index in [1.54, 1.807) is 41.6 Å². The first-order valence-corrected chi connectivity index (χ1v) is 13.1. The summed E-state index contributed by atoms with van der Waals surface area (Å²) in [7, 11) is 0. The third-order valence-corrected chi connectivity index (χ3v) is 7.16. The van der Waals surface area contributed by atoms with Crippen LogP contribution < -0.4 is 5.32 Å². The molecule has 6 nitrogen and oxygen atoms in total. The van der Waals surface area contributed by atoms with Gasteiger partial charge in [-0.15, -0.1) is 0 Å². The second-order valence-corrected chi connectivity index (χ2v) is 10.1. The van der Waals surface area contributed by atoms with E-state index in [0.29, 0.717) is 42.3 Å². The van der Waals surface area contributed by atoms with E-state index in [4.69, 9.17) is 0 Å². The van der Waals surface area contributed by atoms with Crippen LogP contribution in [-0.2, 0) is 17.8 Å². The van der Waals surface area contributed by atoms with Gasteiger partial charge in [-0.05, 0) is 59.5 Å². The molecular weight excluding hydrogens is 515 g/mol. The average molecular weight is 542 g/mol. The van der Waals surface area contributed by atoms with Gasteiger partial charge in [-0.3, -0.25) is 24.7 Å². The molecule has 0 bridgehead atoms. The maximum Gasteiger partial charge on any atom is 0.274 e. The number of aliphatic imine (C=N–C) groups is 1. The molecule has 9 heteroatoms. The van der Waals surface area contributed by atoms with Crippen LogP contribution in [-0.4, -0.2) is 52.0 Å². The standard InChI is InChI=1S/C31H26F3N5O/c32-25-3-1-2-23(13-25)28-7-6-26(17-37-28)38-30(40)29-27-14-22(5-4-21(27)8-10-36-29)24-12-20(15-35-16-24)18-39-11-9-31(33,34)19-39/h1-7,12-17H,8-11,18-19H2,(H,38,40). The first kappa shape index (κ1) is 25.9. The number of likely N-dealkylation sites (tertiary alicyclic amines) is 1. The summed E-state index contributed by atoms with van der Waals surface area (Å²) in [4.78, 5) is 28.3. The molecule has 4 aromatic rings. The predicted molar refractivity (Wildman–Crippen MR) is 148 cm³/mol. The van der Waals surface area contributed by atoms with E-state index in [1.165, 1.54) is 18.3 Å². The van der Waals surface area contributed by atoms with Gasteiger partial charge in [0.05, 0.1) is 24.1 Å². The number of nitrogens with zero attached hydrogens (tertiary/aromatic N) is 4. The Kier molecular flexibility index (Phi) is 6.89. The molecule has 4 heterocycles. The van der Waals surface area contributed by atoms with E-state index < -0.39 is 5.92 Å². The summed E-state index contributed by atoms with van der Waals surface area (Å²) in [6.07, 6.45) is 5.56. The smallest absolute Gasteiger partial charge is 0.274 e. The molecule has 1 fully saturated rings. The molecule has 0 aliphatic carbocycles. The Morgan fingerprint density at radius 2 is 1.88 bits per heavy atom. The number of carbonyl (C=O) groups excluding carboxylic acids is 1. The van der Waals surface area contributed by atoms with Crippen molar-refractivity contribution >= 4 is 17.3 Å². The fourth-order valence-corrected chi connectivity index (χ4v) is 5.17. The minimum Gasteiger partial charge on any atom is -0.319 e. The second-order valence-electron chi connectivity index (χ2n) is 10.1. The van der Waals surface area contributed by atoms with Gasteiger partial charge in [0.25, 0.3) is 11.8 Å². The minimum atomic E-state index is -2.64. The molecule has 1 N–H and O–H groups in total. The molecule has 2 aliphatic heterocycles. The van der Waals surface area contributed by atoms with Crippen LogP contribution in [0.15, 0.2) is 84.2 Å². The lowest BCUT2D eigenvalue weighted by Crippen LogP contribution is -2.28. The molecule has 2 aromatic heterocycles. The third kappa shape index (κ3) is 5.65. The van der Waals surface area contributed by atoms with Crippen molar-refractivity contribution in [3.05, 3.63) is 102 Å². The second kappa shape index (κ2) is 10.7. The molecular formula is C31H26F3N5O. The molecule has 2 aromatic carbocycles. The highest BCUT2D eigenvalue weighted by Gasteiger charge is 2.37. The molecule has 202 valence electrons. The van der Waals surface area contributed by atoms with Crippen molar-refractivity contribution in [2.45, 2.75) is 25.3 Å². The normalized spacial score (nSPS) is 16.3. The van der Waals surface area contributed by atoms with Gasteiger partial charge in [-0.25, -0.2) is 13.2 Å². The van der Waals surface area contributed by atoms with E-state index in [0.717, 1.165) is 34.2 Å². The van der Waals surface area contributed by atoms with Gasteiger partial charge in [0, 0.05) is 55.1 Å². The molecule has 0 radical (unpaired) electrons. The van der Waals surface area contributed by atoms with E-state index in [2.05, 4.69) is 20.3 Å². The Hall–Kier alpha value is -4.37. The van der Waals surface area contributed by atoms with Crippen molar-refractivity contribution in [3.8, 4) is 22.4 Å². The zero-order valence-corrected chi connectivity index (χ0v) is 21.6. The van der Waals surface area contributed by atoms with Gasteiger partial charge in [-0.1, -0.05) is 24.3 Å². The number of hydrogen-bond donors (Lipinski definition) is 1. The topological polar surface area (TPSA) is 70.5 Å². The number of rotatable bonds is 6. The molecule has 6 rings (SSSR count). The summed E-state index contributed by atoms with van der Waals surface area (Å²) in [6, 6.07) is 17.5. The van der Waals surface area contributed by atoms with Crippen LogP contribution in [0.3, 0.4) is 0 Å². The van der Waals surface area contributed by atoms with Crippen LogP contribution in [0, 0.1) is 5.82 Å². The fraction of sp³-hybridized carbons (Fsp3) is 0.226. The lowest BCUT2D eigenvalue weighted by Gasteiger charge is -2.18. The maximum atomic E-state index is 13.6. The fourth-order valence-electron chi connectivity index (χ4n) is 5.17. The van der Waals surface area contributed by atoms with Gasteiger partial charge in [-0.2, -0.15) is 0 Å². The molecule has 0 spiro atoms. The Bertz CT molecular complexity index is 1600. The van der Waals surface area contributed by atoms with E-state index in [1.807, 2.05) is 24.3 Å². The van der Waals surface area contributed by atoms with Gasteiger partial charge >= 0.3 is 0 Å². The van der Waals surface area contributed by atoms with Crippen molar-refractivity contribution in [1.82, 2.24) is 14.9 Å². The molecule has 0 atom stereocenters. The molecule has 0 saturated carbocycles. The van der Waals surface area contributed by atoms with Gasteiger partial charge in [0.2, 0.25) is 0 Å². The highest BCUT2D eigenvalue weighted by Crippen LogP contribution is 2.30. The maximum absolute atomic E-state index is 13.6. The van der Waals surface area contributed by atoms with Crippen molar-refractivity contribution in [3.63, 3.8) is 0 Å². The third-order valence-electron chi connectivity index (χ3n) is 7.16. The van der Waals surface area contributed by atoms with Crippen LogP contribution >= 0.6 is 0 Å². The molecule has 40 heavy (non-hydrogen) atoms. The molecule has 1 amide bonds. The van der Waals surface area contributed by atoms with Crippen molar-refractivity contribution in [1.29, 1.82) is 0 Å². The van der Waals surface area contributed by atoms with Crippen molar-refractivity contribution in [2.75, 3.05) is 25.0 Å². The number of fused-ring (bicyclic) bond motifs is 1. The zero-order chi connectivity index (χ0) is 27.7. The van der Waals surface area contributed by atoms with Crippen LogP contribution in [0.2, 0.25) is 0 Å². The first-order valence-electron chi connectivity index (χ1n) is 13.1. The van der Waals surface area contributed by atoms with E-state index in [-0.39, 0.29) is 24.7 Å². The van der Waals surface area contributed by atoms with Crippen molar-refractivity contribution < 1.29 is 18.0 Å². The number of carbonyl (C=O) groups is 1. The molecule has 2 aliphatic rings. The summed E-state index contributed by atoms with van der Waals surface area (Å²) >= 11 is 0. The number of halogens is 3. The Morgan fingerprint density at radius 1 is 0.975 bits per heavy atom. The minimum absolute atomic E-state index is 0.123. The molecule has 1 saturated heterocycles. The van der Waals surface area contributed by atoms with Crippen LogP contribution in [0.25, 0.3) is 22.4 Å². The number of nitrogens with one attached hydrogen (secondary N) is 1. The number of aromatic nitrogens is 2. The summed E-state index contributed by atoms with van der Waals surface area (Å²) < 4.78 is 40.8. The highest BCUT2D eigenvalue weighted by molar-refractivity contribution is 6.49. The van der Waals surface area contributed by atoms with Gasteiger partial charge in [0.15, 0.2) is 0 Å². The van der Waals surface area contributed by atoms with Gasteiger partial charge < -0.3 is 5.32 Å². The number of anilines is 1. The highest BCUT2D eigenvalue weighted by atomic mass is 19.3. The Morgan fingerprint density at radius 3 is 2.65 bits per heavy atom. The van der Waals surface area contributed by atoms with Crippen LogP contribution in [0.5, 0.6) is 0 Å². The van der Waals surface area contributed by atoms with Crippen molar-refractivity contribution in [2.24, 2.45) is 4.99 Å². The molecule has 0 unspecified atom stereocenters. The largest absolute Gasteiger partial charge is 0.319 e. The Balaban J connectivity index is 1.19. The number of pyridine rings is 2. The number of hydrogen-bond acceptors (Lipinski definition) is 5. The Labute approximate surface area is 229 Å². The summed E-state index contributed by atoms with van der Waals surface area (Å²) in [5, 5.41) is 2.87. The number of alkyl halides is 2. The lowest BCUT2D eigenvalue weighted by atomic mass is 9.93. The number of amides is 1. The summed E-state index contributed by atoms with van der Waals surface area (Å²) in [5.41, 5.74) is 6.40. The summed E-state index contributed by atoms with van der Waals surface area (Å²) in [6.45, 7) is 1.02. The first-order chi connectivity index (χ1) is 19.3. The summed E-state index contributed by atoms with van der Waals surface area (Å²) in [5.74, 6) is -3.33. The number of benzene rings is 2. The monoisotopic (exact) mass is 541 g/mol. The SMILES string of the molecule is O=C(Nc1ccc(-c2cccc(F)c2)nc1)C1=NCCc2ccc(-c3cncc(CN4CCC(F)(F)C4)c3)cc21. The van der Waals surface area contributed by atoms with Crippen LogP contribution in [0.4, 0.5) is 18.9 Å².